The van der Waals surface area contributed by atoms with Crippen LogP contribution in [0.15, 0.2) is 18.3 Å². The number of anilines is 1. The van der Waals surface area contributed by atoms with Gasteiger partial charge in [0.2, 0.25) is 5.88 Å². The molecule has 1 heterocycles. The van der Waals surface area contributed by atoms with Gasteiger partial charge < -0.3 is 20.5 Å². The van der Waals surface area contributed by atoms with Gasteiger partial charge in [-0.05, 0) is 26.3 Å². The molecule has 0 saturated heterocycles. The van der Waals surface area contributed by atoms with Crippen LogP contribution in [0.4, 0.5) is 10.5 Å². The first kappa shape index (κ1) is 16.7. The molecule has 0 aromatic carbocycles. The third-order valence-electron chi connectivity index (χ3n) is 3.22. The Morgan fingerprint density at radius 1 is 1.38 bits per heavy atom. The number of aromatic nitrogens is 1. The highest BCUT2D eigenvalue weighted by Gasteiger charge is 2.31. The van der Waals surface area contributed by atoms with E-state index in [9.17, 15) is 9.59 Å². The molecule has 7 heteroatoms. The lowest BCUT2D eigenvalue weighted by Gasteiger charge is -2.23. The fourth-order valence-electron chi connectivity index (χ4n) is 1.49. The minimum absolute atomic E-state index is 0.0507. The molecule has 1 aromatic rings. The van der Waals surface area contributed by atoms with Crippen LogP contribution < -0.4 is 15.4 Å². The van der Waals surface area contributed by atoms with Crippen LogP contribution in [0.2, 0.25) is 0 Å². The van der Waals surface area contributed by atoms with E-state index in [0.29, 0.717) is 24.6 Å². The van der Waals surface area contributed by atoms with Crippen LogP contribution in [0.25, 0.3) is 0 Å². The van der Waals surface area contributed by atoms with Crippen molar-refractivity contribution in [1.29, 1.82) is 0 Å². The first-order chi connectivity index (χ1) is 9.91. The largest absolute Gasteiger partial charge is 0.481 e. The summed E-state index contributed by atoms with van der Waals surface area (Å²) >= 11 is 0. The summed E-state index contributed by atoms with van der Waals surface area (Å²) in [7, 11) is 0. The number of urea groups is 1. The zero-order chi connectivity index (χ0) is 15.9. The topological polar surface area (TPSA) is 101 Å². The van der Waals surface area contributed by atoms with Gasteiger partial charge in [0.1, 0.15) is 0 Å². The number of rotatable bonds is 7. The van der Waals surface area contributed by atoms with E-state index in [-0.39, 0.29) is 6.54 Å². The number of carboxylic acid groups (broad SMARTS) is 1. The number of nitrogens with zero attached hydrogens (tertiary/aromatic N) is 1. The van der Waals surface area contributed by atoms with Crippen LogP contribution in [0, 0.1) is 5.41 Å². The van der Waals surface area contributed by atoms with Gasteiger partial charge in [0.05, 0.1) is 23.9 Å². The monoisotopic (exact) mass is 295 g/mol. The second-order valence-corrected chi connectivity index (χ2v) is 4.85. The van der Waals surface area contributed by atoms with Crippen LogP contribution in [0.1, 0.15) is 27.2 Å². The Balaban J connectivity index is 2.52. The van der Waals surface area contributed by atoms with Gasteiger partial charge in [-0.3, -0.25) is 4.79 Å². The molecule has 0 saturated carbocycles. The minimum atomic E-state index is -0.978. The van der Waals surface area contributed by atoms with Crippen LogP contribution in [-0.2, 0) is 4.79 Å². The molecular weight excluding hydrogens is 274 g/mol. The van der Waals surface area contributed by atoms with E-state index < -0.39 is 17.4 Å². The number of carbonyl (C=O) groups is 2. The van der Waals surface area contributed by atoms with Crippen LogP contribution >= 0.6 is 0 Å². The lowest BCUT2D eigenvalue weighted by Crippen LogP contribution is -2.42. The predicted molar refractivity (Wildman–Crippen MR) is 78.5 cm³/mol. The second kappa shape index (κ2) is 7.47. The van der Waals surface area contributed by atoms with E-state index in [1.807, 2.05) is 6.92 Å². The van der Waals surface area contributed by atoms with Crippen molar-refractivity contribution in [2.45, 2.75) is 27.2 Å². The number of ether oxygens (including phenoxy) is 1. The Morgan fingerprint density at radius 2 is 2.10 bits per heavy atom. The van der Waals surface area contributed by atoms with E-state index >= 15 is 0 Å². The van der Waals surface area contributed by atoms with Crippen LogP contribution in [0.5, 0.6) is 5.88 Å². The van der Waals surface area contributed by atoms with Crippen molar-refractivity contribution in [3.63, 3.8) is 0 Å². The Bertz CT molecular complexity index is 489. The maximum atomic E-state index is 11.7. The Hall–Kier alpha value is -2.31. The van der Waals surface area contributed by atoms with Gasteiger partial charge >= 0.3 is 12.0 Å². The van der Waals surface area contributed by atoms with Crippen molar-refractivity contribution in [2.75, 3.05) is 18.5 Å². The smallest absolute Gasteiger partial charge is 0.319 e. The summed E-state index contributed by atoms with van der Waals surface area (Å²) in [6.07, 6.45) is 1.90. The number of carboxylic acids is 1. The first-order valence-corrected chi connectivity index (χ1v) is 6.78. The molecule has 21 heavy (non-hydrogen) atoms. The summed E-state index contributed by atoms with van der Waals surface area (Å²) in [5.74, 6) is -0.457. The fraction of sp³-hybridized carbons (Fsp3) is 0.500. The van der Waals surface area contributed by atoms with Crippen molar-refractivity contribution in [1.82, 2.24) is 10.3 Å². The molecule has 0 aliphatic heterocycles. The Morgan fingerprint density at radius 3 is 2.57 bits per heavy atom. The van der Waals surface area contributed by atoms with Crippen molar-refractivity contribution in [3.8, 4) is 5.88 Å². The maximum Gasteiger partial charge on any atom is 0.319 e. The average molecular weight is 295 g/mol. The highest BCUT2D eigenvalue weighted by atomic mass is 16.5. The van der Waals surface area contributed by atoms with Gasteiger partial charge in [0.25, 0.3) is 0 Å². The molecule has 1 rings (SSSR count). The third-order valence-corrected chi connectivity index (χ3v) is 3.22. The number of hydrogen-bond donors (Lipinski definition) is 3. The lowest BCUT2D eigenvalue weighted by atomic mass is 9.88. The van der Waals surface area contributed by atoms with Gasteiger partial charge in [0.15, 0.2) is 0 Å². The maximum absolute atomic E-state index is 11.7. The van der Waals surface area contributed by atoms with Crippen molar-refractivity contribution in [2.24, 2.45) is 5.41 Å². The van der Waals surface area contributed by atoms with E-state index in [0.717, 1.165) is 0 Å². The van der Waals surface area contributed by atoms with Gasteiger partial charge in [-0.1, -0.05) is 6.92 Å². The molecule has 0 bridgehead atoms. The molecule has 1 aromatic heterocycles. The Labute approximate surface area is 123 Å². The molecule has 0 fully saturated rings. The number of pyridine rings is 1. The second-order valence-electron chi connectivity index (χ2n) is 4.85. The highest BCUT2D eigenvalue weighted by molar-refractivity contribution is 5.89. The molecule has 0 spiro atoms. The molecule has 116 valence electrons. The van der Waals surface area contributed by atoms with Crippen molar-refractivity contribution in [3.05, 3.63) is 18.3 Å². The first-order valence-electron chi connectivity index (χ1n) is 6.78. The summed E-state index contributed by atoms with van der Waals surface area (Å²) in [6, 6.07) is 2.84. The number of amides is 2. The van der Waals surface area contributed by atoms with E-state index in [4.69, 9.17) is 9.84 Å². The molecule has 0 aliphatic carbocycles. The van der Waals surface area contributed by atoms with Crippen LogP contribution in [0.3, 0.4) is 0 Å². The van der Waals surface area contributed by atoms with Gasteiger partial charge in [0, 0.05) is 12.6 Å². The summed E-state index contributed by atoms with van der Waals surface area (Å²) in [5, 5.41) is 14.3. The molecule has 1 atom stereocenters. The van der Waals surface area contributed by atoms with E-state index in [1.54, 1.807) is 26.0 Å². The number of carbonyl (C=O) groups excluding carboxylic acids is 1. The van der Waals surface area contributed by atoms with E-state index in [2.05, 4.69) is 15.6 Å². The molecular formula is C14H21N3O4. The summed E-state index contributed by atoms with van der Waals surface area (Å²) < 4.78 is 5.19. The molecule has 0 radical (unpaired) electrons. The normalized spacial score (nSPS) is 13.1. The number of aliphatic carboxylic acids is 1. The van der Waals surface area contributed by atoms with Gasteiger partial charge in [-0.25, -0.2) is 9.78 Å². The zero-order valence-electron chi connectivity index (χ0n) is 12.5. The van der Waals surface area contributed by atoms with E-state index in [1.165, 1.54) is 6.20 Å². The molecule has 0 aliphatic rings. The van der Waals surface area contributed by atoms with Gasteiger partial charge in [-0.15, -0.1) is 0 Å². The highest BCUT2D eigenvalue weighted by Crippen LogP contribution is 2.20. The van der Waals surface area contributed by atoms with Crippen molar-refractivity contribution >= 4 is 17.7 Å². The number of nitrogens with one attached hydrogen (secondary N) is 2. The summed E-state index contributed by atoms with van der Waals surface area (Å²) in [4.78, 5) is 26.9. The SMILES string of the molecule is CCOc1ccc(NC(=O)NCC(C)(CC)C(=O)O)cn1. The summed E-state index contributed by atoms with van der Waals surface area (Å²) in [6.45, 7) is 5.78. The van der Waals surface area contributed by atoms with Gasteiger partial charge in [-0.2, -0.15) is 0 Å². The fourth-order valence-corrected chi connectivity index (χ4v) is 1.49. The standard InChI is InChI=1S/C14H21N3O4/c1-4-14(3,12(18)19)9-16-13(20)17-10-6-7-11(15-8-10)21-5-2/h6-8H,4-5,9H2,1-3H3,(H,18,19)(H2,16,17,20). The molecule has 2 amide bonds. The lowest BCUT2D eigenvalue weighted by molar-refractivity contribution is -0.147. The van der Waals surface area contributed by atoms with Crippen molar-refractivity contribution < 1.29 is 19.4 Å². The molecule has 7 nitrogen and oxygen atoms in total. The summed E-state index contributed by atoms with van der Waals surface area (Å²) in [5.41, 5.74) is -0.474. The third kappa shape index (κ3) is 4.94. The quantitative estimate of drug-likeness (QED) is 0.715. The Kier molecular flexibility index (Phi) is 5.95. The van der Waals surface area contributed by atoms with Crippen LogP contribution in [-0.4, -0.2) is 35.2 Å². The minimum Gasteiger partial charge on any atom is -0.481 e. The molecule has 3 N–H and O–H groups in total. The number of hydrogen-bond acceptors (Lipinski definition) is 4. The molecule has 1 unspecified atom stereocenters. The average Bonchev–Trinajstić information content (AvgIpc) is 2.47. The predicted octanol–water partition coefficient (Wildman–Crippen LogP) is 2.10. The zero-order valence-corrected chi connectivity index (χ0v) is 12.5.